The molecule has 0 unspecified atom stereocenters. The van der Waals surface area contributed by atoms with Crippen molar-refractivity contribution in [1.82, 2.24) is 4.98 Å². The van der Waals surface area contributed by atoms with E-state index in [1.807, 2.05) is 37.3 Å². The molecular weight excluding hydrogens is 401 g/mol. The van der Waals surface area contributed by atoms with Gasteiger partial charge in [0.1, 0.15) is 16.6 Å². The lowest BCUT2D eigenvalue weighted by Crippen LogP contribution is -2.25. The fourth-order valence-electron chi connectivity index (χ4n) is 3.04. The van der Waals surface area contributed by atoms with Gasteiger partial charge in [-0.3, -0.25) is 5.41 Å². The number of benzene rings is 2. The first-order valence-electron chi connectivity index (χ1n) is 8.22. The summed E-state index contributed by atoms with van der Waals surface area (Å²) in [6, 6.07) is 15.1. The highest BCUT2D eigenvalue weighted by molar-refractivity contribution is 7.13. The molecular formula is C20H15Cl2N3OS. The molecule has 0 spiro atoms. The number of nitrogens with one attached hydrogen (secondary N) is 1. The van der Waals surface area contributed by atoms with Gasteiger partial charge in [0.15, 0.2) is 0 Å². The number of hydrogen-bond donors (Lipinski definition) is 2. The maximum absolute atomic E-state index is 10.5. The van der Waals surface area contributed by atoms with Crippen LogP contribution in [-0.2, 0) is 0 Å². The lowest BCUT2D eigenvalue weighted by Gasteiger charge is -2.19. The molecule has 136 valence electrons. The van der Waals surface area contributed by atoms with Crippen LogP contribution >= 0.6 is 34.5 Å². The molecule has 0 radical (unpaired) electrons. The highest BCUT2D eigenvalue weighted by Crippen LogP contribution is 2.37. The predicted molar refractivity (Wildman–Crippen MR) is 113 cm³/mol. The number of thiazole rings is 1. The second kappa shape index (κ2) is 7.00. The molecule has 4 nitrogen and oxygen atoms in total. The van der Waals surface area contributed by atoms with Crippen LogP contribution in [-0.4, -0.2) is 22.5 Å². The van der Waals surface area contributed by atoms with E-state index >= 15 is 0 Å². The smallest absolute Gasteiger partial charge is 0.139 e. The minimum Gasteiger partial charge on any atom is -0.510 e. The van der Waals surface area contributed by atoms with E-state index < -0.39 is 0 Å². The Labute approximate surface area is 170 Å². The van der Waals surface area contributed by atoms with Crippen molar-refractivity contribution in [2.24, 2.45) is 0 Å². The first-order chi connectivity index (χ1) is 13.0. The van der Waals surface area contributed by atoms with Crippen LogP contribution in [0.25, 0.3) is 16.8 Å². The summed E-state index contributed by atoms with van der Waals surface area (Å²) in [6.45, 7) is 2.20. The van der Waals surface area contributed by atoms with Crippen LogP contribution in [0.1, 0.15) is 9.88 Å². The first-order valence-corrected chi connectivity index (χ1v) is 9.80. The van der Waals surface area contributed by atoms with Crippen LogP contribution < -0.4 is 4.90 Å². The summed E-state index contributed by atoms with van der Waals surface area (Å²) >= 11 is 13.6. The molecule has 1 aliphatic rings. The number of rotatable bonds is 3. The van der Waals surface area contributed by atoms with Gasteiger partial charge < -0.3 is 10.0 Å². The highest BCUT2D eigenvalue weighted by Gasteiger charge is 2.32. The Morgan fingerprint density at radius 3 is 2.56 bits per heavy atom. The van der Waals surface area contributed by atoms with Crippen LogP contribution in [0.15, 0.2) is 54.3 Å². The molecule has 4 rings (SSSR count). The Kier molecular flexibility index (Phi) is 4.68. The van der Waals surface area contributed by atoms with E-state index in [2.05, 4.69) is 0 Å². The Morgan fingerprint density at radius 1 is 1.11 bits per heavy atom. The second-order valence-electron chi connectivity index (χ2n) is 6.14. The van der Waals surface area contributed by atoms with Gasteiger partial charge in [0, 0.05) is 16.1 Å². The van der Waals surface area contributed by atoms with E-state index in [0.717, 1.165) is 16.1 Å². The Balaban J connectivity index is 1.69. The summed E-state index contributed by atoms with van der Waals surface area (Å²) in [5, 5.41) is 20.6. The van der Waals surface area contributed by atoms with E-state index in [0.29, 0.717) is 26.3 Å². The Hall–Kier alpha value is -2.34. The molecule has 2 aromatic carbocycles. The fourth-order valence-corrected chi connectivity index (χ4v) is 4.34. The molecule has 1 aliphatic heterocycles. The molecule has 0 fully saturated rings. The van der Waals surface area contributed by atoms with E-state index in [1.165, 1.54) is 11.3 Å². The van der Waals surface area contributed by atoms with Gasteiger partial charge in [0.05, 0.1) is 27.9 Å². The van der Waals surface area contributed by atoms with Crippen LogP contribution in [0.4, 0.5) is 5.69 Å². The maximum Gasteiger partial charge on any atom is 0.139 e. The van der Waals surface area contributed by atoms with Crippen LogP contribution in [0, 0.1) is 12.3 Å². The van der Waals surface area contributed by atoms with Crippen molar-refractivity contribution in [3.63, 3.8) is 0 Å². The number of aliphatic hydroxyl groups excluding tert-OH is 1. The van der Waals surface area contributed by atoms with Crippen molar-refractivity contribution >= 4 is 51.6 Å². The molecule has 0 aliphatic carbocycles. The molecule has 0 atom stereocenters. The third-order valence-electron chi connectivity index (χ3n) is 4.38. The van der Waals surface area contributed by atoms with Crippen molar-refractivity contribution in [2.75, 3.05) is 11.4 Å². The molecule has 7 heteroatoms. The summed E-state index contributed by atoms with van der Waals surface area (Å²) in [7, 11) is 0. The molecule has 0 amide bonds. The molecule has 0 bridgehead atoms. The lowest BCUT2D eigenvalue weighted by molar-refractivity contribution is 0.411. The van der Waals surface area contributed by atoms with Crippen molar-refractivity contribution < 1.29 is 5.11 Å². The second-order valence-corrected chi connectivity index (χ2v) is 8.16. The number of aliphatic hydroxyl groups is 1. The van der Waals surface area contributed by atoms with Gasteiger partial charge in [-0.25, -0.2) is 4.98 Å². The molecule has 2 N–H and O–H groups in total. The predicted octanol–water partition coefficient (Wildman–Crippen LogP) is 6.19. The highest BCUT2D eigenvalue weighted by atomic mass is 35.5. The van der Waals surface area contributed by atoms with Gasteiger partial charge >= 0.3 is 0 Å². The standard InChI is InChI=1S/C20H15Cl2N3OS/c1-11-18(12-5-3-2-4-6-12)24-20(27-11)17-16(26)10-25(19(17)23)13-7-8-14(21)15(22)9-13/h2-9,23,26H,10H2,1H3. The monoisotopic (exact) mass is 415 g/mol. The molecule has 3 aromatic rings. The SMILES string of the molecule is Cc1sc(C2=C(O)CN(c3ccc(Cl)c(Cl)c3)C2=N)nc1-c1ccccc1. The topological polar surface area (TPSA) is 60.2 Å². The lowest BCUT2D eigenvalue weighted by atomic mass is 10.1. The number of halogens is 2. The van der Waals surface area contributed by atoms with Crippen molar-refractivity contribution in [3.05, 3.63) is 74.2 Å². The van der Waals surface area contributed by atoms with Crippen LogP contribution in [0.2, 0.25) is 10.0 Å². The average Bonchev–Trinajstić information content (AvgIpc) is 3.17. The zero-order valence-corrected chi connectivity index (χ0v) is 16.7. The summed E-state index contributed by atoms with van der Waals surface area (Å²) < 4.78 is 0. The number of aromatic nitrogens is 1. The number of anilines is 1. The summed E-state index contributed by atoms with van der Waals surface area (Å²) in [5.74, 6) is 0.318. The van der Waals surface area contributed by atoms with Gasteiger partial charge in [-0.1, -0.05) is 53.5 Å². The minimum absolute atomic E-state index is 0.124. The zero-order valence-electron chi connectivity index (χ0n) is 14.3. The van der Waals surface area contributed by atoms with E-state index in [-0.39, 0.29) is 18.1 Å². The van der Waals surface area contributed by atoms with Crippen LogP contribution in [0.5, 0.6) is 0 Å². The number of amidine groups is 1. The first kappa shape index (κ1) is 18.0. The number of nitrogens with zero attached hydrogens (tertiary/aromatic N) is 2. The van der Waals surface area contributed by atoms with Gasteiger partial charge in [0.2, 0.25) is 0 Å². The Bertz CT molecular complexity index is 1080. The normalized spacial score (nSPS) is 14.3. The molecule has 27 heavy (non-hydrogen) atoms. The van der Waals surface area contributed by atoms with Gasteiger partial charge in [-0.05, 0) is 25.1 Å². The van der Waals surface area contributed by atoms with E-state index in [9.17, 15) is 5.11 Å². The van der Waals surface area contributed by atoms with E-state index in [1.54, 1.807) is 23.1 Å². The third-order valence-corrected chi connectivity index (χ3v) is 6.10. The van der Waals surface area contributed by atoms with Gasteiger partial charge in [-0.15, -0.1) is 11.3 Å². The van der Waals surface area contributed by atoms with E-state index in [4.69, 9.17) is 33.6 Å². The fraction of sp³-hybridized carbons (Fsp3) is 0.100. The quantitative estimate of drug-likeness (QED) is 0.535. The molecule has 0 saturated carbocycles. The Morgan fingerprint density at radius 2 is 1.85 bits per heavy atom. The molecule has 0 saturated heterocycles. The number of aryl methyl sites for hydroxylation is 1. The third kappa shape index (κ3) is 3.23. The van der Waals surface area contributed by atoms with Crippen molar-refractivity contribution in [1.29, 1.82) is 5.41 Å². The van der Waals surface area contributed by atoms with Crippen molar-refractivity contribution in [3.8, 4) is 11.3 Å². The summed E-state index contributed by atoms with van der Waals surface area (Å²) in [6.07, 6.45) is 0. The average molecular weight is 416 g/mol. The largest absolute Gasteiger partial charge is 0.510 e. The summed E-state index contributed by atoms with van der Waals surface area (Å²) in [4.78, 5) is 7.43. The van der Waals surface area contributed by atoms with Crippen LogP contribution in [0.3, 0.4) is 0 Å². The maximum atomic E-state index is 10.5. The number of hydrogen-bond acceptors (Lipinski definition) is 4. The minimum atomic E-state index is 0.124. The van der Waals surface area contributed by atoms with Crippen molar-refractivity contribution in [2.45, 2.75) is 6.92 Å². The van der Waals surface area contributed by atoms with Gasteiger partial charge in [0.25, 0.3) is 0 Å². The molecule has 1 aromatic heterocycles. The zero-order chi connectivity index (χ0) is 19.1. The summed E-state index contributed by atoms with van der Waals surface area (Å²) in [5.41, 5.74) is 3.05. The molecule has 2 heterocycles. The van der Waals surface area contributed by atoms with Gasteiger partial charge in [-0.2, -0.15) is 0 Å².